The van der Waals surface area contributed by atoms with Gasteiger partial charge in [0.15, 0.2) is 5.78 Å². The molecule has 20 heavy (non-hydrogen) atoms. The minimum absolute atomic E-state index is 0.181. The van der Waals surface area contributed by atoms with Crippen molar-refractivity contribution in [2.24, 2.45) is 5.41 Å². The molecule has 0 amide bonds. The van der Waals surface area contributed by atoms with Crippen LogP contribution in [0.5, 0.6) is 0 Å². The number of piperidine rings is 1. The topological polar surface area (TPSA) is 20.3 Å². The van der Waals surface area contributed by atoms with Crippen LogP contribution in [-0.2, 0) is 0 Å². The summed E-state index contributed by atoms with van der Waals surface area (Å²) in [5.41, 5.74) is 1.58. The highest BCUT2D eigenvalue weighted by atomic mass is 19.1. The molecule has 1 aromatic rings. The van der Waals surface area contributed by atoms with E-state index in [0.717, 1.165) is 18.8 Å². The summed E-state index contributed by atoms with van der Waals surface area (Å²) in [5.74, 6) is -0.574. The first kappa shape index (κ1) is 13.6. The van der Waals surface area contributed by atoms with E-state index in [1.54, 1.807) is 6.07 Å². The molecular formula is C17H22FNO. The predicted octanol–water partition coefficient (Wildman–Crippen LogP) is 4.19. The van der Waals surface area contributed by atoms with Crippen molar-refractivity contribution < 1.29 is 9.18 Å². The van der Waals surface area contributed by atoms with E-state index in [2.05, 4.69) is 4.90 Å². The van der Waals surface area contributed by atoms with Crippen LogP contribution in [0.4, 0.5) is 10.1 Å². The van der Waals surface area contributed by atoms with Gasteiger partial charge in [-0.3, -0.25) is 4.79 Å². The third-order valence-electron chi connectivity index (χ3n) is 5.17. The van der Waals surface area contributed by atoms with E-state index < -0.39 is 5.82 Å². The van der Waals surface area contributed by atoms with Crippen molar-refractivity contribution in [1.29, 1.82) is 0 Å². The Morgan fingerprint density at radius 2 is 1.80 bits per heavy atom. The normalized spacial score (nSPS) is 21.4. The second-order valence-corrected chi connectivity index (χ2v) is 6.38. The maximum Gasteiger partial charge on any atom is 0.164 e. The molecule has 1 aromatic carbocycles. The maximum absolute atomic E-state index is 13.9. The largest absolute Gasteiger partial charge is 0.371 e. The maximum atomic E-state index is 13.9. The van der Waals surface area contributed by atoms with Crippen molar-refractivity contribution in [2.45, 2.75) is 45.4 Å². The highest BCUT2D eigenvalue weighted by molar-refractivity contribution is 6.00. The Morgan fingerprint density at radius 3 is 2.40 bits per heavy atom. The molecule has 0 bridgehead atoms. The Hall–Kier alpha value is -1.38. The Morgan fingerprint density at radius 1 is 1.15 bits per heavy atom. The molecule has 108 valence electrons. The highest BCUT2D eigenvalue weighted by Crippen LogP contribution is 2.46. The number of carbonyl (C=O) groups excluding carboxylic acids is 1. The predicted molar refractivity (Wildman–Crippen MR) is 78.8 cm³/mol. The molecule has 3 heteroatoms. The zero-order valence-electron chi connectivity index (χ0n) is 12.1. The van der Waals surface area contributed by atoms with Gasteiger partial charge < -0.3 is 4.90 Å². The molecule has 0 radical (unpaired) electrons. The van der Waals surface area contributed by atoms with Crippen LogP contribution < -0.4 is 4.90 Å². The van der Waals surface area contributed by atoms with Gasteiger partial charge in [0.05, 0.1) is 11.3 Å². The lowest BCUT2D eigenvalue weighted by Crippen LogP contribution is -2.39. The molecule has 1 aliphatic carbocycles. The van der Waals surface area contributed by atoms with E-state index in [4.69, 9.17) is 0 Å². The van der Waals surface area contributed by atoms with E-state index in [1.165, 1.54) is 51.5 Å². The number of halogens is 1. The molecule has 2 nitrogen and oxygen atoms in total. The van der Waals surface area contributed by atoms with E-state index in [-0.39, 0.29) is 11.3 Å². The molecule has 3 rings (SSSR count). The van der Waals surface area contributed by atoms with Gasteiger partial charge in [0.2, 0.25) is 0 Å². The van der Waals surface area contributed by atoms with Crippen molar-refractivity contribution in [3.8, 4) is 0 Å². The van der Waals surface area contributed by atoms with Crippen molar-refractivity contribution >= 4 is 11.5 Å². The zero-order chi connectivity index (χ0) is 14.2. The molecule has 1 spiro atoms. The Labute approximate surface area is 120 Å². The minimum Gasteiger partial charge on any atom is -0.371 e. The number of hydrogen-bond acceptors (Lipinski definition) is 2. The second-order valence-electron chi connectivity index (χ2n) is 6.38. The molecule has 1 heterocycles. The quantitative estimate of drug-likeness (QED) is 0.754. The van der Waals surface area contributed by atoms with Gasteiger partial charge in [-0.25, -0.2) is 4.39 Å². The highest BCUT2D eigenvalue weighted by Gasteiger charge is 2.37. The van der Waals surface area contributed by atoms with E-state index in [0.29, 0.717) is 5.41 Å². The summed E-state index contributed by atoms with van der Waals surface area (Å²) in [6, 6.07) is 4.96. The molecule has 1 aliphatic heterocycles. The summed E-state index contributed by atoms with van der Waals surface area (Å²) < 4.78 is 13.9. The molecule has 0 atom stereocenters. The van der Waals surface area contributed by atoms with Crippen molar-refractivity contribution in [2.75, 3.05) is 18.0 Å². The lowest BCUT2D eigenvalue weighted by Gasteiger charge is -2.41. The minimum atomic E-state index is -0.392. The third-order valence-corrected chi connectivity index (χ3v) is 5.17. The molecule has 2 aliphatic rings. The lowest BCUT2D eigenvalue weighted by atomic mass is 9.77. The van der Waals surface area contributed by atoms with Crippen LogP contribution in [0.2, 0.25) is 0 Å². The Bertz CT molecular complexity index is 510. The number of hydrogen-bond donors (Lipinski definition) is 0. The fourth-order valence-electron chi connectivity index (χ4n) is 3.97. The smallest absolute Gasteiger partial charge is 0.164 e. The first-order chi connectivity index (χ1) is 9.61. The summed E-state index contributed by atoms with van der Waals surface area (Å²) >= 11 is 0. The van der Waals surface area contributed by atoms with Gasteiger partial charge >= 0.3 is 0 Å². The van der Waals surface area contributed by atoms with Crippen LogP contribution >= 0.6 is 0 Å². The van der Waals surface area contributed by atoms with Gasteiger partial charge in [-0.2, -0.15) is 0 Å². The second kappa shape index (κ2) is 5.19. The molecule has 0 aromatic heterocycles. The molecular weight excluding hydrogens is 253 g/mol. The lowest BCUT2D eigenvalue weighted by molar-refractivity contribution is 0.101. The number of nitrogens with zero attached hydrogens (tertiary/aromatic N) is 1. The summed E-state index contributed by atoms with van der Waals surface area (Å²) in [7, 11) is 0. The molecule has 2 fully saturated rings. The van der Waals surface area contributed by atoms with Gasteiger partial charge in [-0.05, 0) is 50.2 Å². The average molecular weight is 275 g/mol. The SMILES string of the molecule is CC(=O)c1c(F)cccc1N1CCC2(CCCC2)CC1. The fourth-order valence-corrected chi connectivity index (χ4v) is 3.97. The number of rotatable bonds is 2. The number of ketones is 1. The Kier molecular flexibility index (Phi) is 3.53. The monoisotopic (exact) mass is 275 g/mol. The van der Waals surface area contributed by atoms with Gasteiger partial charge in [0.1, 0.15) is 5.82 Å². The van der Waals surface area contributed by atoms with Crippen LogP contribution in [0, 0.1) is 11.2 Å². The number of anilines is 1. The van der Waals surface area contributed by atoms with Gasteiger partial charge in [0.25, 0.3) is 0 Å². The van der Waals surface area contributed by atoms with E-state index in [1.807, 2.05) is 6.07 Å². The number of Topliss-reactive ketones (excluding diaryl/α,β-unsaturated/α-hetero) is 1. The van der Waals surface area contributed by atoms with Crippen LogP contribution in [0.1, 0.15) is 55.8 Å². The molecule has 1 saturated carbocycles. The Balaban J connectivity index is 1.81. The average Bonchev–Trinajstić information content (AvgIpc) is 2.87. The summed E-state index contributed by atoms with van der Waals surface area (Å²) in [6.07, 6.45) is 7.78. The fraction of sp³-hybridized carbons (Fsp3) is 0.588. The molecule has 0 unspecified atom stereocenters. The van der Waals surface area contributed by atoms with Gasteiger partial charge in [-0.1, -0.05) is 18.9 Å². The zero-order valence-corrected chi connectivity index (χ0v) is 12.1. The third kappa shape index (κ3) is 2.34. The first-order valence-electron chi connectivity index (χ1n) is 7.66. The van der Waals surface area contributed by atoms with Gasteiger partial charge in [0, 0.05) is 13.1 Å². The number of carbonyl (C=O) groups is 1. The first-order valence-corrected chi connectivity index (χ1v) is 7.66. The summed E-state index contributed by atoms with van der Waals surface area (Å²) in [5, 5.41) is 0. The standard InChI is InChI=1S/C17H22FNO/c1-13(20)16-14(18)5-4-6-15(16)19-11-9-17(10-12-19)7-2-3-8-17/h4-6H,2-3,7-12H2,1H3. The van der Waals surface area contributed by atoms with Crippen LogP contribution in [-0.4, -0.2) is 18.9 Å². The summed E-state index contributed by atoms with van der Waals surface area (Å²) in [6.45, 7) is 3.35. The van der Waals surface area contributed by atoms with Crippen molar-refractivity contribution in [3.63, 3.8) is 0 Å². The van der Waals surface area contributed by atoms with Crippen LogP contribution in [0.25, 0.3) is 0 Å². The van der Waals surface area contributed by atoms with Gasteiger partial charge in [-0.15, -0.1) is 0 Å². The van der Waals surface area contributed by atoms with E-state index >= 15 is 0 Å². The van der Waals surface area contributed by atoms with Crippen molar-refractivity contribution in [3.05, 3.63) is 29.6 Å². The molecule has 0 N–H and O–H groups in total. The van der Waals surface area contributed by atoms with Crippen LogP contribution in [0.15, 0.2) is 18.2 Å². The number of benzene rings is 1. The molecule has 1 saturated heterocycles. The summed E-state index contributed by atoms with van der Waals surface area (Å²) in [4.78, 5) is 13.9. The van der Waals surface area contributed by atoms with Crippen LogP contribution in [0.3, 0.4) is 0 Å². The van der Waals surface area contributed by atoms with E-state index in [9.17, 15) is 9.18 Å². The van der Waals surface area contributed by atoms with Crippen molar-refractivity contribution in [1.82, 2.24) is 0 Å².